The minimum atomic E-state index is -0.487. The number of ether oxygens (including phenoxy) is 1. The predicted molar refractivity (Wildman–Crippen MR) is 84.9 cm³/mol. The van der Waals surface area contributed by atoms with Crippen LogP contribution < -0.4 is 5.32 Å². The molecule has 3 rings (SSSR count). The Hall–Kier alpha value is -1.28. The fraction of sp³-hybridized carbons (Fsp3) is 0.600. The molecule has 6 nitrogen and oxygen atoms in total. The lowest BCUT2D eigenvalue weighted by atomic mass is 10.1. The first-order valence-electron chi connectivity index (χ1n) is 7.62. The van der Waals surface area contributed by atoms with Gasteiger partial charge in [-0.3, -0.25) is 0 Å². The fourth-order valence-corrected chi connectivity index (χ4v) is 3.29. The van der Waals surface area contributed by atoms with Gasteiger partial charge < -0.3 is 15.2 Å². The molecule has 0 spiro atoms. The van der Waals surface area contributed by atoms with Crippen LogP contribution in [0.4, 0.5) is 0 Å². The van der Waals surface area contributed by atoms with Crippen LogP contribution in [0.1, 0.15) is 22.9 Å². The van der Waals surface area contributed by atoms with E-state index >= 15 is 0 Å². The van der Waals surface area contributed by atoms with Crippen LogP contribution >= 0.6 is 11.3 Å². The molecule has 22 heavy (non-hydrogen) atoms. The first kappa shape index (κ1) is 15.6. The Bertz CT molecular complexity index is 584. The van der Waals surface area contributed by atoms with E-state index in [-0.39, 0.29) is 0 Å². The van der Waals surface area contributed by atoms with Crippen molar-refractivity contribution in [2.24, 2.45) is 0 Å². The molecule has 7 heteroatoms. The van der Waals surface area contributed by atoms with Crippen LogP contribution in [0, 0.1) is 6.92 Å². The van der Waals surface area contributed by atoms with E-state index in [9.17, 15) is 5.11 Å². The topological polar surface area (TPSA) is 72.2 Å². The summed E-state index contributed by atoms with van der Waals surface area (Å²) in [6, 6.07) is 4.38. The molecular weight excluding hydrogens is 300 g/mol. The van der Waals surface area contributed by atoms with E-state index in [2.05, 4.69) is 15.4 Å². The lowest BCUT2D eigenvalue weighted by molar-refractivity contribution is 0.0279. The molecule has 3 heterocycles. The van der Waals surface area contributed by atoms with Gasteiger partial charge in [-0.2, -0.15) is 5.10 Å². The highest BCUT2D eigenvalue weighted by molar-refractivity contribution is 7.09. The number of fused-ring (bicyclic) bond motifs is 1. The zero-order chi connectivity index (χ0) is 15.4. The monoisotopic (exact) mass is 322 g/mol. The molecule has 2 N–H and O–H groups in total. The summed E-state index contributed by atoms with van der Waals surface area (Å²) in [6.45, 7) is 4.20. The number of aliphatic hydroxyl groups excluding tert-OH is 1. The standard InChI is InChI=1S/C15H22N4O2S/c1-11-17-15-5-4-12(8-19(15)18-11)16-7-13(20)9-21-10-14-3-2-6-22-14/h2-3,6,12-13,16,20H,4-5,7-10H2,1H3/t12-,13+/m0/s1. The van der Waals surface area contributed by atoms with Crippen molar-refractivity contribution in [3.8, 4) is 0 Å². The molecule has 0 bridgehead atoms. The SMILES string of the molecule is Cc1nc2n(n1)C[C@@H](NC[C@@H](O)COCc1cccs1)CC2. The molecule has 2 aromatic rings. The molecule has 0 unspecified atom stereocenters. The highest BCUT2D eigenvalue weighted by Crippen LogP contribution is 2.13. The van der Waals surface area contributed by atoms with E-state index in [0.29, 0.717) is 25.8 Å². The Kier molecular flexibility index (Phi) is 5.20. The molecule has 0 aliphatic carbocycles. The van der Waals surface area contributed by atoms with E-state index in [1.54, 1.807) is 11.3 Å². The Morgan fingerprint density at radius 3 is 3.32 bits per heavy atom. The quantitative estimate of drug-likeness (QED) is 0.799. The molecule has 1 aliphatic rings. The van der Waals surface area contributed by atoms with Crippen molar-refractivity contribution in [2.45, 2.75) is 45.1 Å². The second-order valence-electron chi connectivity index (χ2n) is 5.65. The number of aromatic nitrogens is 3. The molecule has 0 radical (unpaired) electrons. The molecule has 0 amide bonds. The maximum absolute atomic E-state index is 9.99. The number of aliphatic hydroxyl groups is 1. The third-order valence-electron chi connectivity index (χ3n) is 3.74. The number of aryl methyl sites for hydroxylation is 2. The van der Waals surface area contributed by atoms with Crippen molar-refractivity contribution in [1.29, 1.82) is 0 Å². The number of hydrogen-bond donors (Lipinski definition) is 2. The van der Waals surface area contributed by atoms with Gasteiger partial charge >= 0.3 is 0 Å². The molecule has 0 saturated carbocycles. The van der Waals surface area contributed by atoms with Crippen LogP contribution in [-0.4, -0.2) is 45.2 Å². The minimum Gasteiger partial charge on any atom is -0.389 e. The Labute approximate surface area is 134 Å². The smallest absolute Gasteiger partial charge is 0.147 e. The second kappa shape index (κ2) is 7.32. The molecule has 0 aromatic carbocycles. The number of nitrogens with zero attached hydrogens (tertiary/aromatic N) is 3. The number of rotatable bonds is 7. The molecule has 1 aliphatic heterocycles. The van der Waals surface area contributed by atoms with Crippen LogP contribution in [0.3, 0.4) is 0 Å². The van der Waals surface area contributed by atoms with Gasteiger partial charge in [0.15, 0.2) is 0 Å². The van der Waals surface area contributed by atoms with Gasteiger partial charge in [0.25, 0.3) is 0 Å². The van der Waals surface area contributed by atoms with Crippen LogP contribution in [0.25, 0.3) is 0 Å². The van der Waals surface area contributed by atoms with E-state index in [1.165, 1.54) is 4.88 Å². The van der Waals surface area contributed by atoms with Crippen LogP contribution in [-0.2, 0) is 24.3 Å². The highest BCUT2D eigenvalue weighted by atomic mass is 32.1. The number of nitrogens with one attached hydrogen (secondary N) is 1. The van der Waals surface area contributed by atoms with E-state index in [0.717, 1.165) is 31.0 Å². The van der Waals surface area contributed by atoms with Crippen molar-refractivity contribution in [3.63, 3.8) is 0 Å². The maximum Gasteiger partial charge on any atom is 0.147 e. The van der Waals surface area contributed by atoms with Gasteiger partial charge in [-0.1, -0.05) is 6.07 Å². The van der Waals surface area contributed by atoms with Crippen molar-refractivity contribution >= 4 is 11.3 Å². The zero-order valence-corrected chi connectivity index (χ0v) is 13.6. The fourth-order valence-electron chi connectivity index (χ4n) is 2.65. The van der Waals surface area contributed by atoms with Crippen LogP contribution in [0.5, 0.6) is 0 Å². The Morgan fingerprint density at radius 2 is 2.50 bits per heavy atom. The molecule has 0 fully saturated rings. The summed E-state index contributed by atoms with van der Waals surface area (Å²) in [5.41, 5.74) is 0. The largest absolute Gasteiger partial charge is 0.389 e. The summed E-state index contributed by atoms with van der Waals surface area (Å²) in [6.07, 6.45) is 1.48. The van der Waals surface area contributed by atoms with Crippen molar-refractivity contribution in [2.75, 3.05) is 13.2 Å². The lowest BCUT2D eigenvalue weighted by Crippen LogP contribution is -2.42. The van der Waals surface area contributed by atoms with Gasteiger partial charge in [-0.25, -0.2) is 9.67 Å². The maximum atomic E-state index is 9.99. The van der Waals surface area contributed by atoms with Crippen molar-refractivity contribution in [1.82, 2.24) is 20.1 Å². The van der Waals surface area contributed by atoms with Gasteiger partial charge in [0.05, 0.1) is 25.9 Å². The van der Waals surface area contributed by atoms with Crippen molar-refractivity contribution < 1.29 is 9.84 Å². The van der Waals surface area contributed by atoms with Gasteiger partial charge in [-0.15, -0.1) is 11.3 Å². The lowest BCUT2D eigenvalue weighted by Gasteiger charge is -2.24. The summed E-state index contributed by atoms with van der Waals surface area (Å²) >= 11 is 1.67. The summed E-state index contributed by atoms with van der Waals surface area (Å²) in [7, 11) is 0. The summed E-state index contributed by atoms with van der Waals surface area (Å²) in [4.78, 5) is 5.58. The summed E-state index contributed by atoms with van der Waals surface area (Å²) < 4.78 is 7.50. The number of thiophene rings is 1. The average Bonchev–Trinajstić information content (AvgIpc) is 3.12. The summed E-state index contributed by atoms with van der Waals surface area (Å²) in [5.74, 6) is 1.90. The zero-order valence-electron chi connectivity index (χ0n) is 12.7. The third-order valence-corrected chi connectivity index (χ3v) is 4.59. The molecule has 2 aromatic heterocycles. The normalized spacial score (nSPS) is 19.1. The Balaban J connectivity index is 1.35. The van der Waals surface area contributed by atoms with Gasteiger partial charge in [0.2, 0.25) is 0 Å². The van der Waals surface area contributed by atoms with Crippen LogP contribution in [0.2, 0.25) is 0 Å². The average molecular weight is 322 g/mol. The van der Waals surface area contributed by atoms with E-state index in [4.69, 9.17) is 4.74 Å². The first-order valence-corrected chi connectivity index (χ1v) is 8.50. The van der Waals surface area contributed by atoms with Gasteiger partial charge in [0.1, 0.15) is 11.6 Å². The van der Waals surface area contributed by atoms with Crippen LogP contribution in [0.15, 0.2) is 17.5 Å². The summed E-state index contributed by atoms with van der Waals surface area (Å²) in [5, 5.41) is 19.8. The highest BCUT2D eigenvalue weighted by Gasteiger charge is 2.21. The molecule has 120 valence electrons. The third kappa shape index (κ3) is 4.13. The Morgan fingerprint density at radius 1 is 1.59 bits per heavy atom. The second-order valence-corrected chi connectivity index (χ2v) is 6.68. The minimum absolute atomic E-state index is 0.334. The van der Waals surface area contributed by atoms with Gasteiger partial charge in [-0.05, 0) is 24.8 Å². The predicted octanol–water partition coefficient (Wildman–Crippen LogP) is 1.13. The van der Waals surface area contributed by atoms with E-state index < -0.39 is 6.10 Å². The molecule has 0 saturated heterocycles. The molecular formula is C15H22N4O2S. The number of hydrogen-bond acceptors (Lipinski definition) is 6. The van der Waals surface area contributed by atoms with Gasteiger partial charge in [0, 0.05) is 23.9 Å². The molecule has 2 atom stereocenters. The van der Waals surface area contributed by atoms with E-state index in [1.807, 2.05) is 29.1 Å². The first-order chi connectivity index (χ1) is 10.7. The van der Waals surface area contributed by atoms with Crippen molar-refractivity contribution in [3.05, 3.63) is 34.0 Å².